The molecule has 0 atom stereocenters. The minimum Gasteiger partial charge on any atom is -0.476 e. The molecule has 0 aromatic carbocycles. The van der Waals surface area contributed by atoms with Crippen LogP contribution in [0.1, 0.15) is 41.5 Å². The third-order valence-corrected chi connectivity index (χ3v) is 3.17. The molecule has 2 aromatic heterocycles. The largest absolute Gasteiger partial charge is 0.476 e. The van der Waals surface area contributed by atoms with Crippen LogP contribution in [0.5, 0.6) is 0 Å². The van der Waals surface area contributed by atoms with Crippen LogP contribution in [-0.4, -0.2) is 30.8 Å². The molecule has 0 saturated heterocycles. The Morgan fingerprint density at radius 1 is 1.39 bits per heavy atom. The SMILES string of the molecule is O=C(O)c1ccn(-c2ccnc(C3CCC3)n2)n1. The molecule has 0 amide bonds. The average Bonchev–Trinajstić information content (AvgIpc) is 2.76. The van der Waals surface area contributed by atoms with Gasteiger partial charge in [0.25, 0.3) is 0 Å². The number of aromatic carboxylic acids is 1. The summed E-state index contributed by atoms with van der Waals surface area (Å²) in [6.45, 7) is 0. The standard InChI is InChI=1S/C12H12N4O2/c17-12(18)9-5-7-16(15-9)10-4-6-13-11(14-10)8-2-1-3-8/h4-8H,1-3H2,(H,17,18). The van der Waals surface area contributed by atoms with E-state index in [1.165, 1.54) is 17.2 Å². The first-order valence-corrected chi connectivity index (χ1v) is 5.86. The normalized spacial score (nSPS) is 15.3. The van der Waals surface area contributed by atoms with Gasteiger partial charge in [-0.25, -0.2) is 19.4 Å². The molecule has 0 spiro atoms. The van der Waals surface area contributed by atoms with Crippen molar-refractivity contribution in [3.05, 3.63) is 36.0 Å². The number of carbonyl (C=O) groups is 1. The van der Waals surface area contributed by atoms with Crippen LogP contribution >= 0.6 is 0 Å². The van der Waals surface area contributed by atoms with Crippen molar-refractivity contribution >= 4 is 5.97 Å². The maximum atomic E-state index is 10.8. The second-order valence-corrected chi connectivity index (χ2v) is 4.35. The van der Waals surface area contributed by atoms with Crippen molar-refractivity contribution in [3.8, 4) is 5.82 Å². The summed E-state index contributed by atoms with van der Waals surface area (Å²) >= 11 is 0. The Bertz CT molecular complexity index is 589. The summed E-state index contributed by atoms with van der Waals surface area (Å²) < 4.78 is 1.47. The van der Waals surface area contributed by atoms with Crippen molar-refractivity contribution in [1.82, 2.24) is 19.7 Å². The van der Waals surface area contributed by atoms with Crippen LogP contribution in [0.4, 0.5) is 0 Å². The molecule has 0 unspecified atom stereocenters. The summed E-state index contributed by atoms with van der Waals surface area (Å²) in [6.07, 6.45) is 6.77. The molecule has 1 N–H and O–H groups in total. The van der Waals surface area contributed by atoms with Crippen molar-refractivity contribution in [2.45, 2.75) is 25.2 Å². The molecule has 1 aliphatic carbocycles. The molecular weight excluding hydrogens is 232 g/mol. The minimum atomic E-state index is -1.04. The van der Waals surface area contributed by atoms with E-state index in [0.29, 0.717) is 11.7 Å². The van der Waals surface area contributed by atoms with Gasteiger partial charge >= 0.3 is 5.97 Å². The molecule has 3 rings (SSSR count). The van der Waals surface area contributed by atoms with Crippen LogP contribution in [0.15, 0.2) is 24.5 Å². The molecule has 0 radical (unpaired) electrons. The topological polar surface area (TPSA) is 80.9 Å². The third-order valence-electron chi connectivity index (χ3n) is 3.17. The van der Waals surface area contributed by atoms with Crippen LogP contribution in [0.25, 0.3) is 5.82 Å². The highest BCUT2D eigenvalue weighted by Crippen LogP contribution is 2.34. The number of hydrogen-bond donors (Lipinski definition) is 1. The van der Waals surface area contributed by atoms with E-state index in [9.17, 15) is 4.79 Å². The second kappa shape index (κ2) is 4.21. The van der Waals surface area contributed by atoms with Gasteiger partial charge in [-0.05, 0) is 18.9 Å². The first kappa shape index (κ1) is 10.9. The molecule has 6 nitrogen and oxygen atoms in total. The van der Waals surface area contributed by atoms with E-state index >= 15 is 0 Å². The molecule has 0 aliphatic heterocycles. The molecule has 0 bridgehead atoms. The summed E-state index contributed by atoms with van der Waals surface area (Å²) in [5.41, 5.74) is 0.0128. The monoisotopic (exact) mass is 244 g/mol. The summed E-state index contributed by atoms with van der Waals surface area (Å²) in [6, 6.07) is 3.17. The molecule has 1 saturated carbocycles. The Balaban J connectivity index is 1.92. The van der Waals surface area contributed by atoms with Gasteiger partial charge in [-0.3, -0.25) is 0 Å². The predicted octanol–water partition coefficient (Wildman–Crippen LogP) is 1.63. The lowest BCUT2D eigenvalue weighted by Crippen LogP contribution is -2.14. The molecule has 1 aliphatic rings. The maximum Gasteiger partial charge on any atom is 0.356 e. The fourth-order valence-corrected chi connectivity index (χ4v) is 1.92. The zero-order chi connectivity index (χ0) is 12.5. The van der Waals surface area contributed by atoms with E-state index in [1.807, 2.05) is 0 Å². The summed E-state index contributed by atoms with van der Waals surface area (Å²) in [7, 11) is 0. The Labute approximate surface area is 103 Å². The van der Waals surface area contributed by atoms with Gasteiger partial charge in [0.2, 0.25) is 0 Å². The third kappa shape index (κ3) is 1.85. The number of rotatable bonds is 3. The van der Waals surface area contributed by atoms with Gasteiger partial charge in [-0.2, -0.15) is 5.10 Å². The zero-order valence-electron chi connectivity index (χ0n) is 9.65. The van der Waals surface area contributed by atoms with Gasteiger partial charge in [0.15, 0.2) is 11.5 Å². The van der Waals surface area contributed by atoms with Crippen LogP contribution in [0.3, 0.4) is 0 Å². The van der Waals surface area contributed by atoms with E-state index in [1.54, 1.807) is 18.5 Å². The number of carboxylic acids is 1. The molecule has 2 aromatic rings. The van der Waals surface area contributed by atoms with Gasteiger partial charge in [-0.15, -0.1) is 0 Å². The number of carboxylic acid groups (broad SMARTS) is 1. The minimum absolute atomic E-state index is 0.0128. The van der Waals surface area contributed by atoms with Crippen molar-refractivity contribution in [2.24, 2.45) is 0 Å². The maximum absolute atomic E-state index is 10.8. The number of aromatic nitrogens is 4. The quantitative estimate of drug-likeness (QED) is 0.887. The molecule has 2 heterocycles. The lowest BCUT2D eigenvalue weighted by atomic mass is 9.85. The van der Waals surface area contributed by atoms with Gasteiger partial charge in [-0.1, -0.05) is 6.42 Å². The fourth-order valence-electron chi connectivity index (χ4n) is 1.92. The summed E-state index contributed by atoms with van der Waals surface area (Å²) in [5, 5.41) is 12.8. The molecule has 6 heteroatoms. The Morgan fingerprint density at radius 2 is 2.22 bits per heavy atom. The first-order chi connectivity index (χ1) is 8.74. The molecule has 92 valence electrons. The van der Waals surface area contributed by atoms with E-state index in [0.717, 1.165) is 18.7 Å². The second-order valence-electron chi connectivity index (χ2n) is 4.35. The van der Waals surface area contributed by atoms with Gasteiger partial charge in [0, 0.05) is 24.4 Å². The summed E-state index contributed by atoms with van der Waals surface area (Å²) in [5.74, 6) is 0.840. The lowest BCUT2D eigenvalue weighted by Gasteiger charge is -2.23. The highest BCUT2D eigenvalue weighted by Gasteiger charge is 2.22. The van der Waals surface area contributed by atoms with Crippen LogP contribution < -0.4 is 0 Å². The van der Waals surface area contributed by atoms with Crippen molar-refractivity contribution in [2.75, 3.05) is 0 Å². The first-order valence-electron chi connectivity index (χ1n) is 5.86. The smallest absolute Gasteiger partial charge is 0.356 e. The van der Waals surface area contributed by atoms with Gasteiger partial charge in [0.1, 0.15) is 5.82 Å². The highest BCUT2D eigenvalue weighted by molar-refractivity contribution is 5.85. The Kier molecular flexibility index (Phi) is 2.55. The Hall–Kier alpha value is -2.24. The molecule has 1 fully saturated rings. The molecular formula is C12H12N4O2. The van der Waals surface area contributed by atoms with Crippen molar-refractivity contribution in [1.29, 1.82) is 0 Å². The van der Waals surface area contributed by atoms with Crippen LogP contribution in [-0.2, 0) is 0 Å². The molecule has 18 heavy (non-hydrogen) atoms. The highest BCUT2D eigenvalue weighted by atomic mass is 16.4. The van der Waals surface area contributed by atoms with Gasteiger partial charge < -0.3 is 5.11 Å². The van der Waals surface area contributed by atoms with E-state index in [-0.39, 0.29) is 5.69 Å². The average molecular weight is 244 g/mol. The van der Waals surface area contributed by atoms with E-state index in [2.05, 4.69) is 15.1 Å². The Morgan fingerprint density at radius 3 is 2.83 bits per heavy atom. The predicted molar refractivity (Wildman–Crippen MR) is 62.7 cm³/mol. The van der Waals surface area contributed by atoms with Crippen LogP contribution in [0.2, 0.25) is 0 Å². The van der Waals surface area contributed by atoms with Crippen LogP contribution in [0, 0.1) is 0 Å². The zero-order valence-corrected chi connectivity index (χ0v) is 9.65. The fraction of sp³-hybridized carbons (Fsp3) is 0.333. The van der Waals surface area contributed by atoms with Crippen molar-refractivity contribution < 1.29 is 9.90 Å². The number of nitrogens with zero attached hydrogens (tertiary/aromatic N) is 4. The summed E-state index contributed by atoms with van der Waals surface area (Å²) in [4.78, 5) is 19.5. The van der Waals surface area contributed by atoms with E-state index in [4.69, 9.17) is 5.11 Å². The van der Waals surface area contributed by atoms with E-state index < -0.39 is 5.97 Å². The van der Waals surface area contributed by atoms with Gasteiger partial charge in [0.05, 0.1) is 0 Å². The lowest BCUT2D eigenvalue weighted by molar-refractivity contribution is 0.0690. The van der Waals surface area contributed by atoms with Crippen molar-refractivity contribution in [3.63, 3.8) is 0 Å². The number of hydrogen-bond acceptors (Lipinski definition) is 4.